The molecule has 3 unspecified atom stereocenters. The Balaban J connectivity index is 1.63. The molecular weight excluding hydrogens is 466 g/mol. The van der Waals surface area contributed by atoms with Gasteiger partial charge < -0.3 is 19.5 Å². The molecule has 0 spiro atoms. The Morgan fingerprint density at radius 1 is 1.14 bits per heavy atom. The summed E-state index contributed by atoms with van der Waals surface area (Å²) in [6, 6.07) is 13.4. The van der Waals surface area contributed by atoms with Crippen molar-refractivity contribution >= 4 is 23.4 Å². The molecule has 0 saturated carbocycles. The minimum absolute atomic E-state index is 0.0439. The smallest absolute Gasteiger partial charge is 0.336 e. The highest BCUT2D eigenvalue weighted by Crippen LogP contribution is 2.50. The average Bonchev–Trinajstić information content (AvgIpc) is 3.28. The zero-order chi connectivity index (χ0) is 24.7. The quantitative estimate of drug-likeness (QED) is 0.555. The van der Waals surface area contributed by atoms with E-state index in [-0.39, 0.29) is 31.0 Å². The molecule has 0 bridgehead atoms. The first-order valence-electron chi connectivity index (χ1n) is 11.9. The number of nitrogens with one attached hydrogen (secondary N) is 1. The number of hydrogen-bond donors (Lipinski definition) is 1. The van der Waals surface area contributed by atoms with Crippen molar-refractivity contribution in [3.05, 3.63) is 81.7 Å². The van der Waals surface area contributed by atoms with E-state index in [1.54, 1.807) is 12.1 Å². The van der Waals surface area contributed by atoms with Gasteiger partial charge in [-0.1, -0.05) is 61.9 Å². The third-order valence-electron chi connectivity index (χ3n) is 6.69. The fraction of sp³-hybridized carbons (Fsp3) is 0.357. The van der Waals surface area contributed by atoms with Gasteiger partial charge in [0.2, 0.25) is 6.79 Å². The Morgan fingerprint density at radius 3 is 2.57 bits per heavy atom. The predicted octanol–water partition coefficient (Wildman–Crippen LogP) is 5.49. The van der Waals surface area contributed by atoms with Crippen molar-refractivity contribution < 1.29 is 23.8 Å². The number of rotatable bonds is 5. The van der Waals surface area contributed by atoms with Gasteiger partial charge >= 0.3 is 5.97 Å². The molecule has 1 N–H and O–H groups in total. The molecule has 35 heavy (non-hydrogen) atoms. The molecule has 182 valence electrons. The van der Waals surface area contributed by atoms with Crippen molar-refractivity contribution in [2.24, 2.45) is 11.8 Å². The monoisotopic (exact) mass is 493 g/mol. The van der Waals surface area contributed by atoms with Crippen molar-refractivity contribution in [1.82, 2.24) is 5.32 Å². The number of Topliss-reactive ketones (excluding diaryl/α,β-unsaturated/α-hetero) is 1. The average molecular weight is 494 g/mol. The Hall–Kier alpha value is -3.25. The normalized spacial score (nSPS) is 23.1. The second kappa shape index (κ2) is 9.42. The van der Waals surface area contributed by atoms with Gasteiger partial charge in [0.15, 0.2) is 11.5 Å². The van der Waals surface area contributed by atoms with Crippen LogP contribution in [0.4, 0.5) is 0 Å². The molecule has 2 aliphatic heterocycles. The molecule has 2 aromatic rings. The Bertz CT molecular complexity index is 1230. The number of allylic oxidation sites excluding steroid dienone is 3. The lowest BCUT2D eigenvalue weighted by molar-refractivity contribution is -0.140. The van der Waals surface area contributed by atoms with Crippen LogP contribution in [0, 0.1) is 11.8 Å². The molecule has 0 aromatic heterocycles. The van der Waals surface area contributed by atoms with Crippen molar-refractivity contribution in [2.45, 2.75) is 39.0 Å². The summed E-state index contributed by atoms with van der Waals surface area (Å²) >= 11 is 6.73. The van der Waals surface area contributed by atoms with Gasteiger partial charge in [0.1, 0.15) is 5.78 Å². The molecule has 0 amide bonds. The topological polar surface area (TPSA) is 73.9 Å². The molecule has 3 aliphatic rings. The zero-order valence-corrected chi connectivity index (χ0v) is 20.7. The third kappa shape index (κ3) is 4.43. The summed E-state index contributed by atoms with van der Waals surface area (Å²) in [5.74, 6) is -0.353. The van der Waals surface area contributed by atoms with E-state index in [2.05, 4.69) is 11.4 Å². The molecule has 0 fully saturated rings. The maximum Gasteiger partial charge on any atom is 0.336 e. The predicted molar refractivity (Wildman–Crippen MR) is 132 cm³/mol. The van der Waals surface area contributed by atoms with Crippen LogP contribution in [0.25, 0.3) is 0 Å². The van der Waals surface area contributed by atoms with Crippen LogP contribution >= 0.6 is 11.6 Å². The lowest BCUT2D eigenvalue weighted by Crippen LogP contribution is -2.42. The summed E-state index contributed by atoms with van der Waals surface area (Å²) in [5, 5.41) is 3.78. The van der Waals surface area contributed by atoms with Gasteiger partial charge in [-0.25, -0.2) is 4.79 Å². The summed E-state index contributed by atoms with van der Waals surface area (Å²) < 4.78 is 16.7. The summed E-state index contributed by atoms with van der Waals surface area (Å²) in [5.41, 5.74) is 3.58. The molecule has 7 heteroatoms. The van der Waals surface area contributed by atoms with Gasteiger partial charge in [0.05, 0.1) is 18.1 Å². The fourth-order valence-electron chi connectivity index (χ4n) is 5.09. The van der Waals surface area contributed by atoms with Crippen LogP contribution < -0.4 is 14.8 Å². The number of carbonyl (C=O) groups excluding carboxylic acids is 2. The van der Waals surface area contributed by atoms with Gasteiger partial charge in [0.25, 0.3) is 0 Å². The highest BCUT2D eigenvalue weighted by Gasteiger charge is 2.46. The second-order valence-electron chi connectivity index (χ2n) is 9.65. The van der Waals surface area contributed by atoms with Crippen molar-refractivity contribution in [3.8, 4) is 11.5 Å². The summed E-state index contributed by atoms with van der Waals surface area (Å²) in [7, 11) is 0. The number of ketones is 1. The summed E-state index contributed by atoms with van der Waals surface area (Å²) in [6.07, 6.45) is 2.45. The Labute approximate surface area is 209 Å². The SMILES string of the molecule is CC1=C(C(=O)OCC(C)C)C(c2cc3c(cc2Cl)OCO3)C2C(=O)CC(c3ccccc3)C=C2N1. The summed E-state index contributed by atoms with van der Waals surface area (Å²) in [6.45, 7) is 6.19. The highest BCUT2D eigenvalue weighted by molar-refractivity contribution is 6.31. The molecule has 5 rings (SSSR count). The van der Waals surface area contributed by atoms with E-state index in [0.717, 1.165) is 11.3 Å². The lowest BCUT2D eigenvalue weighted by Gasteiger charge is -2.40. The third-order valence-corrected chi connectivity index (χ3v) is 7.01. The first-order valence-corrected chi connectivity index (χ1v) is 12.2. The minimum atomic E-state index is -0.603. The van der Waals surface area contributed by atoms with Gasteiger partial charge in [-0.3, -0.25) is 4.79 Å². The van der Waals surface area contributed by atoms with E-state index in [4.69, 9.17) is 25.8 Å². The van der Waals surface area contributed by atoms with Gasteiger partial charge in [0, 0.05) is 40.7 Å². The number of ether oxygens (including phenoxy) is 3. The Kier molecular flexibility index (Phi) is 6.32. The van der Waals surface area contributed by atoms with E-state index in [9.17, 15) is 9.59 Å². The molecule has 1 aliphatic carbocycles. The van der Waals surface area contributed by atoms with Crippen molar-refractivity contribution in [2.75, 3.05) is 13.4 Å². The van der Waals surface area contributed by atoms with E-state index < -0.39 is 17.8 Å². The first-order chi connectivity index (χ1) is 16.8. The van der Waals surface area contributed by atoms with Crippen molar-refractivity contribution in [1.29, 1.82) is 0 Å². The standard InChI is InChI=1S/C28H28ClNO5/c1-15(2)13-33-28(32)25-16(3)30-21-9-18(17-7-5-4-6-8-17)10-22(31)27(21)26(25)19-11-23-24(12-20(19)29)35-14-34-23/h4-9,11-12,15,18,26-27,30H,10,13-14H2,1-3H3. The van der Waals surface area contributed by atoms with Crippen LogP contribution in [0.5, 0.6) is 11.5 Å². The van der Waals surface area contributed by atoms with Crippen LogP contribution in [0.2, 0.25) is 5.02 Å². The number of hydrogen-bond acceptors (Lipinski definition) is 6. The second-order valence-corrected chi connectivity index (χ2v) is 10.1. The molecule has 3 atom stereocenters. The van der Waals surface area contributed by atoms with Crippen LogP contribution in [-0.2, 0) is 14.3 Å². The molecule has 6 nitrogen and oxygen atoms in total. The maximum atomic E-state index is 13.7. The molecular formula is C28H28ClNO5. The zero-order valence-electron chi connectivity index (χ0n) is 20.0. The largest absolute Gasteiger partial charge is 0.462 e. The lowest BCUT2D eigenvalue weighted by atomic mass is 9.68. The van der Waals surface area contributed by atoms with Gasteiger partial charge in [-0.05, 0) is 30.0 Å². The Morgan fingerprint density at radius 2 is 1.86 bits per heavy atom. The van der Waals surface area contributed by atoms with Gasteiger partial charge in [-0.2, -0.15) is 0 Å². The van der Waals surface area contributed by atoms with Crippen LogP contribution in [0.1, 0.15) is 50.2 Å². The van der Waals surface area contributed by atoms with E-state index in [0.29, 0.717) is 39.8 Å². The van der Waals surface area contributed by atoms with Gasteiger partial charge in [-0.15, -0.1) is 0 Å². The number of carbonyl (C=O) groups is 2. The molecule has 0 saturated heterocycles. The van der Waals surface area contributed by atoms with Crippen molar-refractivity contribution in [3.63, 3.8) is 0 Å². The van der Waals surface area contributed by atoms with E-state index in [1.165, 1.54) is 0 Å². The van der Waals surface area contributed by atoms with E-state index in [1.807, 2.05) is 51.1 Å². The molecule has 0 radical (unpaired) electrons. The number of fused-ring (bicyclic) bond motifs is 2. The minimum Gasteiger partial charge on any atom is -0.462 e. The van der Waals surface area contributed by atoms with Crippen LogP contribution in [0.3, 0.4) is 0 Å². The number of benzene rings is 2. The van der Waals surface area contributed by atoms with E-state index >= 15 is 0 Å². The molecule has 2 aromatic carbocycles. The fourth-order valence-corrected chi connectivity index (χ4v) is 5.36. The number of esters is 1. The first kappa shape index (κ1) is 23.5. The van der Waals surface area contributed by atoms with Crippen LogP contribution in [0.15, 0.2) is 65.5 Å². The molecule has 2 heterocycles. The summed E-state index contributed by atoms with van der Waals surface area (Å²) in [4.78, 5) is 27.1. The highest BCUT2D eigenvalue weighted by atomic mass is 35.5. The number of halogens is 1. The van der Waals surface area contributed by atoms with Crippen LogP contribution in [-0.4, -0.2) is 25.2 Å². The maximum absolute atomic E-state index is 13.7.